The molecule has 0 unspecified atom stereocenters. The summed E-state index contributed by atoms with van der Waals surface area (Å²) in [6.45, 7) is 16.4. The van der Waals surface area contributed by atoms with Crippen LogP contribution in [0, 0.1) is 5.41 Å². The average molecular weight is 557 g/mol. The minimum atomic E-state index is -1.47. The molecule has 8 nitrogen and oxygen atoms in total. The number of carbonyl (C=O) groups excluding carboxylic acids is 4. The number of carbonyl (C=O) groups is 4. The molecule has 0 radical (unpaired) electrons. The van der Waals surface area contributed by atoms with E-state index in [-0.39, 0.29) is 30.9 Å². The fourth-order valence-electron chi connectivity index (χ4n) is 4.40. The Balaban J connectivity index is 5.76. The smallest absolute Gasteiger partial charge is 0.324 e. The molecule has 0 saturated carbocycles. The number of hydrogen-bond donors (Lipinski definition) is 0. The molecule has 0 aromatic carbocycles. The van der Waals surface area contributed by atoms with Crippen molar-refractivity contribution in [1.82, 2.24) is 0 Å². The number of hydrogen-bond acceptors (Lipinski definition) is 8. The molecule has 0 aliphatic heterocycles. The molecule has 0 heterocycles. The van der Waals surface area contributed by atoms with Crippen LogP contribution in [0.25, 0.3) is 0 Å². The van der Waals surface area contributed by atoms with Crippen molar-refractivity contribution in [2.75, 3.05) is 6.61 Å². The summed E-state index contributed by atoms with van der Waals surface area (Å²) in [5.41, 5.74) is -3.01. The largest absolute Gasteiger partial charge is 0.466 e. The Hall–Kier alpha value is -2.12. The lowest BCUT2D eigenvalue weighted by Crippen LogP contribution is -2.47. The Bertz CT molecular complexity index is 717. The number of esters is 4. The van der Waals surface area contributed by atoms with Crippen LogP contribution in [0.2, 0.25) is 0 Å². The minimum Gasteiger partial charge on any atom is -0.466 e. The lowest BCUT2D eigenvalue weighted by Gasteiger charge is -2.35. The zero-order valence-corrected chi connectivity index (χ0v) is 26.2. The van der Waals surface area contributed by atoms with E-state index in [9.17, 15) is 19.2 Å². The first-order valence-electron chi connectivity index (χ1n) is 14.9. The fraction of sp³-hybridized carbons (Fsp3) is 0.871. The summed E-state index contributed by atoms with van der Waals surface area (Å²) < 4.78 is 22.1. The highest BCUT2D eigenvalue weighted by Gasteiger charge is 2.50. The third-order valence-electron chi connectivity index (χ3n) is 6.21. The molecular formula is C31H56O8. The van der Waals surface area contributed by atoms with Gasteiger partial charge in [0.1, 0.15) is 17.3 Å². The zero-order valence-electron chi connectivity index (χ0n) is 26.2. The molecular weight excluding hydrogens is 500 g/mol. The lowest BCUT2D eigenvalue weighted by atomic mass is 9.77. The van der Waals surface area contributed by atoms with Crippen molar-refractivity contribution in [3.05, 3.63) is 0 Å². The van der Waals surface area contributed by atoms with Crippen LogP contribution in [0.3, 0.4) is 0 Å². The first-order valence-corrected chi connectivity index (χ1v) is 14.9. The predicted octanol–water partition coefficient (Wildman–Crippen LogP) is 7.24. The molecule has 0 rings (SSSR count). The van der Waals surface area contributed by atoms with Gasteiger partial charge >= 0.3 is 23.9 Å². The molecule has 0 bridgehead atoms. The van der Waals surface area contributed by atoms with E-state index in [1.165, 1.54) is 6.92 Å². The second-order valence-electron chi connectivity index (χ2n) is 12.4. The van der Waals surface area contributed by atoms with Crippen molar-refractivity contribution in [1.29, 1.82) is 0 Å². The number of ether oxygens (including phenoxy) is 4. The van der Waals surface area contributed by atoms with E-state index in [1.807, 2.05) is 0 Å². The quantitative estimate of drug-likeness (QED) is 0.0709. The number of rotatable bonds is 19. The molecule has 1 atom stereocenters. The second-order valence-corrected chi connectivity index (χ2v) is 12.4. The first-order chi connectivity index (χ1) is 18.1. The van der Waals surface area contributed by atoms with Crippen LogP contribution >= 0.6 is 0 Å². The summed E-state index contributed by atoms with van der Waals surface area (Å²) in [7, 11) is 0. The fourth-order valence-corrected chi connectivity index (χ4v) is 4.40. The zero-order chi connectivity index (χ0) is 30.1. The Labute approximate surface area is 237 Å². The first kappa shape index (κ1) is 36.9. The standard InChI is InChI=1S/C31H56O8/c1-10-12-15-19-25(37-24(3)32)20-18-23-31(27(34)38-29(4,5)6,28(35)39-30(7,8)9)22-17-14-13-16-21-26(33)36-11-2/h25H,10-23H2,1-9H3/t25-/m0/s1. The van der Waals surface area contributed by atoms with Crippen molar-refractivity contribution in [3.63, 3.8) is 0 Å². The van der Waals surface area contributed by atoms with Gasteiger partial charge in [0.15, 0.2) is 5.41 Å². The van der Waals surface area contributed by atoms with E-state index < -0.39 is 28.6 Å². The van der Waals surface area contributed by atoms with Gasteiger partial charge < -0.3 is 18.9 Å². The van der Waals surface area contributed by atoms with Crippen molar-refractivity contribution in [3.8, 4) is 0 Å². The maximum absolute atomic E-state index is 13.7. The highest BCUT2D eigenvalue weighted by Crippen LogP contribution is 2.38. The summed E-state index contributed by atoms with van der Waals surface area (Å²) in [5.74, 6) is -1.70. The summed E-state index contributed by atoms with van der Waals surface area (Å²) in [4.78, 5) is 50.7. The van der Waals surface area contributed by atoms with E-state index in [1.54, 1.807) is 48.5 Å². The van der Waals surface area contributed by atoms with Gasteiger partial charge in [0, 0.05) is 13.3 Å². The second kappa shape index (κ2) is 18.3. The highest BCUT2D eigenvalue weighted by atomic mass is 16.6. The maximum Gasteiger partial charge on any atom is 0.324 e. The van der Waals surface area contributed by atoms with Gasteiger partial charge in [-0.05, 0) is 93.4 Å². The molecule has 8 heteroatoms. The Morgan fingerprint density at radius 3 is 1.67 bits per heavy atom. The van der Waals surface area contributed by atoms with Crippen LogP contribution in [0.15, 0.2) is 0 Å². The Morgan fingerprint density at radius 1 is 0.667 bits per heavy atom. The van der Waals surface area contributed by atoms with Crippen molar-refractivity contribution in [2.45, 2.75) is 163 Å². The van der Waals surface area contributed by atoms with Gasteiger partial charge in [-0.25, -0.2) is 0 Å². The van der Waals surface area contributed by atoms with Gasteiger partial charge in [0.05, 0.1) is 6.61 Å². The third kappa shape index (κ3) is 17.2. The molecule has 0 aromatic rings. The molecule has 0 aliphatic carbocycles. The van der Waals surface area contributed by atoms with Gasteiger partial charge in [-0.1, -0.05) is 39.0 Å². The van der Waals surface area contributed by atoms with Crippen molar-refractivity contribution >= 4 is 23.9 Å². The van der Waals surface area contributed by atoms with Crippen molar-refractivity contribution < 1.29 is 38.1 Å². The van der Waals surface area contributed by atoms with E-state index in [0.29, 0.717) is 38.7 Å². The van der Waals surface area contributed by atoms with E-state index in [0.717, 1.165) is 38.5 Å². The highest BCUT2D eigenvalue weighted by molar-refractivity contribution is 6.00. The minimum absolute atomic E-state index is 0.212. The molecule has 0 N–H and O–H groups in total. The summed E-state index contributed by atoms with van der Waals surface area (Å²) >= 11 is 0. The monoisotopic (exact) mass is 556 g/mol. The molecule has 0 aromatic heterocycles. The molecule has 0 fully saturated rings. The molecule has 0 saturated heterocycles. The molecule has 0 spiro atoms. The third-order valence-corrected chi connectivity index (χ3v) is 6.21. The summed E-state index contributed by atoms with van der Waals surface area (Å²) in [5, 5.41) is 0. The maximum atomic E-state index is 13.7. The van der Waals surface area contributed by atoms with Crippen LogP contribution in [0.5, 0.6) is 0 Å². The van der Waals surface area contributed by atoms with Crippen LogP contribution in [-0.4, -0.2) is 47.8 Å². The summed E-state index contributed by atoms with van der Waals surface area (Å²) in [6, 6.07) is 0. The van der Waals surface area contributed by atoms with Gasteiger partial charge in [0.2, 0.25) is 0 Å². The van der Waals surface area contributed by atoms with E-state index in [2.05, 4.69) is 6.92 Å². The van der Waals surface area contributed by atoms with Crippen LogP contribution < -0.4 is 0 Å². The topological polar surface area (TPSA) is 105 Å². The van der Waals surface area contributed by atoms with Gasteiger partial charge in [0.25, 0.3) is 0 Å². The molecule has 39 heavy (non-hydrogen) atoms. The van der Waals surface area contributed by atoms with Gasteiger partial charge in [-0.3, -0.25) is 19.2 Å². The summed E-state index contributed by atoms with van der Waals surface area (Å²) in [6.07, 6.45) is 8.31. The normalized spacial score (nSPS) is 12.9. The SMILES string of the molecule is CCCCC[C@@H](CCCC(CCCCCCC(=O)OCC)(C(=O)OC(C)(C)C)C(=O)OC(C)(C)C)OC(C)=O. The molecule has 0 amide bonds. The Kier molecular flexibility index (Phi) is 17.3. The predicted molar refractivity (Wildman–Crippen MR) is 152 cm³/mol. The van der Waals surface area contributed by atoms with Crippen LogP contribution in [-0.2, 0) is 38.1 Å². The van der Waals surface area contributed by atoms with Crippen molar-refractivity contribution in [2.24, 2.45) is 5.41 Å². The van der Waals surface area contributed by atoms with Crippen LogP contribution in [0.1, 0.15) is 146 Å². The molecule has 228 valence electrons. The van der Waals surface area contributed by atoms with E-state index in [4.69, 9.17) is 18.9 Å². The van der Waals surface area contributed by atoms with Gasteiger partial charge in [-0.15, -0.1) is 0 Å². The lowest BCUT2D eigenvalue weighted by molar-refractivity contribution is -0.187. The van der Waals surface area contributed by atoms with E-state index >= 15 is 0 Å². The van der Waals surface area contributed by atoms with Gasteiger partial charge in [-0.2, -0.15) is 0 Å². The molecule has 0 aliphatic rings. The number of unbranched alkanes of at least 4 members (excludes halogenated alkanes) is 5. The average Bonchev–Trinajstić information content (AvgIpc) is 2.77. The Morgan fingerprint density at radius 2 is 1.18 bits per heavy atom. The van der Waals surface area contributed by atoms with Crippen LogP contribution in [0.4, 0.5) is 0 Å².